The molecular formula is C21H24ClN3O4. The van der Waals surface area contributed by atoms with E-state index in [1.165, 1.54) is 11.9 Å². The number of rotatable bonds is 5. The highest BCUT2D eigenvalue weighted by atomic mass is 35.5. The van der Waals surface area contributed by atoms with Crippen molar-refractivity contribution in [3.05, 3.63) is 59.1 Å². The van der Waals surface area contributed by atoms with Crippen LogP contribution in [0.1, 0.15) is 31.1 Å². The molecule has 0 heterocycles. The predicted molar refractivity (Wildman–Crippen MR) is 113 cm³/mol. The monoisotopic (exact) mass is 417 g/mol. The first-order valence-electron chi connectivity index (χ1n) is 8.94. The normalized spacial score (nSPS) is 10.8. The summed E-state index contributed by atoms with van der Waals surface area (Å²) in [6.07, 6.45) is -0.576. The molecule has 0 aliphatic rings. The topological polar surface area (TPSA) is 87.7 Å². The van der Waals surface area contributed by atoms with E-state index < -0.39 is 11.7 Å². The van der Waals surface area contributed by atoms with E-state index in [1.807, 2.05) is 0 Å². The number of hydrogen-bond acceptors (Lipinski definition) is 4. The number of benzene rings is 2. The Bertz CT molecular complexity index is 874. The summed E-state index contributed by atoms with van der Waals surface area (Å²) in [5.74, 6) is -0.647. The van der Waals surface area contributed by atoms with Gasteiger partial charge in [0.2, 0.25) is 5.91 Å². The van der Waals surface area contributed by atoms with E-state index in [4.69, 9.17) is 16.3 Å². The van der Waals surface area contributed by atoms with E-state index in [2.05, 4.69) is 10.6 Å². The van der Waals surface area contributed by atoms with Gasteiger partial charge in [-0.1, -0.05) is 11.6 Å². The maximum Gasteiger partial charge on any atom is 0.412 e. The van der Waals surface area contributed by atoms with Crippen molar-refractivity contribution in [1.29, 1.82) is 0 Å². The smallest absolute Gasteiger partial charge is 0.412 e. The molecule has 154 valence electrons. The van der Waals surface area contributed by atoms with Gasteiger partial charge in [0, 0.05) is 29.0 Å². The lowest BCUT2D eigenvalue weighted by Crippen LogP contribution is -2.34. The summed E-state index contributed by atoms with van der Waals surface area (Å²) in [5.41, 5.74) is 0.883. The van der Waals surface area contributed by atoms with Crippen LogP contribution in [0.4, 0.5) is 16.2 Å². The van der Waals surface area contributed by atoms with E-state index >= 15 is 0 Å². The molecule has 0 saturated heterocycles. The van der Waals surface area contributed by atoms with Gasteiger partial charge in [0.1, 0.15) is 5.60 Å². The highest BCUT2D eigenvalue weighted by Gasteiger charge is 2.17. The van der Waals surface area contributed by atoms with Crippen molar-refractivity contribution >= 4 is 40.9 Å². The number of amides is 3. The molecule has 3 amide bonds. The molecule has 0 spiro atoms. The van der Waals surface area contributed by atoms with Gasteiger partial charge < -0.3 is 15.0 Å². The molecule has 2 aromatic rings. The third-order valence-corrected chi connectivity index (χ3v) is 3.88. The van der Waals surface area contributed by atoms with Crippen molar-refractivity contribution in [2.24, 2.45) is 0 Å². The van der Waals surface area contributed by atoms with Crippen molar-refractivity contribution in [2.45, 2.75) is 26.4 Å². The second-order valence-electron chi connectivity index (χ2n) is 7.42. The SMILES string of the molecule is CN(CC(=O)Nc1ccc(Cl)cc1)C(=O)c1ccc(NC(=O)OC(C)(C)C)cc1. The van der Waals surface area contributed by atoms with Crippen LogP contribution in [0.5, 0.6) is 0 Å². The lowest BCUT2D eigenvalue weighted by atomic mass is 10.2. The van der Waals surface area contributed by atoms with Crippen LogP contribution in [0, 0.1) is 0 Å². The summed E-state index contributed by atoms with van der Waals surface area (Å²) in [5, 5.41) is 5.87. The van der Waals surface area contributed by atoms with Crippen LogP contribution in [-0.2, 0) is 9.53 Å². The lowest BCUT2D eigenvalue weighted by Gasteiger charge is -2.20. The molecule has 0 aliphatic heterocycles. The van der Waals surface area contributed by atoms with Gasteiger partial charge in [-0.2, -0.15) is 0 Å². The Labute approximate surface area is 175 Å². The number of carbonyl (C=O) groups is 3. The van der Waals surface area contributed by atoms with Crippen LogP contribution >= 0.6 is 11.6 Å². The Morgan fingerprint density at radius 1 is 0.931 bits per heavy atom. The summed E-state index contributed by atoms with van der Waals surface area (Å²) in [6.45, 7) is 5.20. The number of nitrogens with one attached hydrogen (secondary N) is 2. The van der Waals surface area contributed by atoms with Gasteiger partial charge in [-0.05, 0) is 69.3 Å². The minimum Gasteiger partial charge on any atom is -0.444 e. The molecule has 0 radical (unpaired) electrons. The molecule has 2 N–H and O–H groups in total. The molecule has 2 aromatic carbocycles. The van der Waals surface area contributed by atoms with E-state index in [0.29, 0.717) is 22.0 Å². The highest BCUT2D eigenvalue weighted by Crippen LogP contribution is 2.15. The summed E-state index contributed by atoms with van der Waals surface area (Å²) in [6, 6.07) is 13.0. The second kappa shape index (κ2) is 9.43. The largest absolute Gasteiger partial charge is 0.444 e. The number of anilines is 2. The van der Waals surface area contributed by atoms with E-state index in [0.717, 1.165) is 0 Å². The van der Waals surface area contributed by atoms with E-state index in [1.54, 1.807) is 69.3 Å². The Balaban J connectivity index is 1.90. The fourth-order valence-corrected chi connectivity index (χ4v) is 2.48. The molecule has 29 heavy (non-hydrogen) atoms. The zero-order valence-corrected chi connectivity index (χ0v) is 17.5. The number of ether oxygens (including phenoxy) is 1. The second-order valence-corrected chi connectivity index (χ2v) is 7.86. The first-order chi connectivity index (χ1) is 13.5. The van der Waals surface area contributed by atoms with Crippen molar-refractivity contribution in [2.75, 3.05) is 24.2 Å². The van der Waals surface area contributed by atoms with Gasteiger partial charge in [-0.15, -0.1) is 0 Å². The summed E-state index contributed by atoms with van der Waals surface area (Å²) < 4.78 is 5.18. The van der Waals surface area contributed by atoms with Crippen molar-refractivity contribution < 1.29 is 19.1 Å². The highest BCUT2D eigenvalue weighted by molar-refractivity contribution is 6.30. The van der Waals surface area contributed by atoms with Crippen LogP contribution in [0.15, 0.2) is 48.5 Å². The minimum atomic E-state index is -0.602. The zero-order chi connectivity index (χ0) is 21.6. The average Bonchev–Trinajstić information content (AvgIpc) is 2.62. The molecule has 0 fully saturated rings. The van der Waals surface area contributed by atoms with Gasteiger partial charge in [0.25, 0.3) is 5.91 Å². The molecule has 7 nitrogen and oxygen atoms in total. The molecule has 8 heteroatoms. The third-order valence-electron chi connectivity index (χ3n) is 3.63. The number of likely N-dealkylation sites (N-methyl/N-ethyl adjacent to an activating group) is 1. The molecule has 2 rings (SSSR count). The summed E-state index contributed by atoms with van der Waals surface area (Å²) in [4.78, 5) is 37.7. The van der Waals surface area contributed by atoms with Crippen LogP contribution in [0.2, 0.25) is 5.02 Å². The van der Waals surface area contributed by atoms with Crippen LogP contribution < -0.4 is 10.6 Å². The van der Waals surface area contributed by atoms with E-state index in [9.17, 15) is 14.4 Å². The number of hydrogen-bond donors (Lipinski definition) is 2. The van der Waals surface area contributed by atoms with Gasteiger partial charge in [-0.25, -0.2) is 4.79 Å². The average molecular weight is 418 g/mol. The van der Waals surface area contributed by atoms with Gasteiger partial charge >= 0.3 is 6.09 Å². The molecular weight excluding hydrogens is 394 g/mol. The molecule has 0 unspecified atom stereocenters. The third kappa shape index (κ3) is 7.46. The first-order valence-corrected chi connectivity index (χ1v) is 9.32. The fraction of sp³-hybridized carbons (Fsp3) is 0.286. The molecule has 0 aliphatic carbocycles. The Hall–Kier alpha value is -3.06. The van der Waals surface area contributed by atoms with Crippen molar-refractivity contribution in [1.82, 2.24) is 4.90 Å². The van der Waals surface area contributed by atoms with Crippen LogP contribution in [0.3, 0.4) is 0 Å². The van der Waals surface area contributed by atoms with Crippen molar-refractivity contribution in [3.8, 4) is 0 Å². The maximum absolute atomic E-state index is 12.5. The number of carbonyl (C=O) groups excluding carboxylic acids is 3. The molecule has 0 saturated carbocycles. The Kier molecular flexibility index (Phi) is 7.23. The Morgan fingerprint density at radius 3 is 2.00 bits per heavy atom. The molecule has 0 atom stereocenters. The first kappa shape index (κ1) is 22.2. The van der Waals surface area contributed by atoms with Gasteiger partial charge in [0.15, 0.2) is 0 Å². The van der Waals surface area contributed by atoms with Crippen LogP contribution in [-0.4, -0.2) is 42.0 Å². The van der Waals surface area contributed by atoms with E-state index in [-0.39, 0.29) is 18.4 Å². The van der Waals surface area contributed by atoms with Gasteiger partial charge in [-0.3, -0.25) is 14.9 Å². The summed E-state index contributed by atoms with van der Waals surface area (Å²) in [7, 11) is 1.54. The fourth-order valence-electron chi connectivity index (χ4n) is 2.36. The maximum atomic E-state index is 12.5. The van der Waals surface area contributed by atoms with Crippen LogP contribution in [0.25, 0.3) is 0 Å². The predicted octanol–water partition coefficient (Wildman–Crippen LogP) is 4.40. The summed E-state index contributed by atoms with van der Waals surface area (Å²) >= 11 is 5.81. The van der Waals surface area contributed by atoms with Gasteiger partial charge in [0.05, 0.1) is 6.54 Å². The lowest BCUT2D eigenvalue weighted by molar-refractivity contribution is -0.116. The standard InChI is InChI=1S/C21H24ClN3O4/c1-21(2,3)29-20(28)24-17-9-5-14(6-10-17)19(27)25(4)13-18(26)23-16-11-7-15(22)8-12-16/h5-12H,13H2,1-4H3,(H,23,26)(H,24,28). The molecule has 0 bridgehead atoms. The Morgan fingerprint density at radius 2 is 1.45 bits per heavy atom. The zero-order valence-electron chi connectivity index (χ0n) is 16.8. The van der Waals surface area contributed by atoms with Crippen molar-refractivity contribution in [3.63, 3.8) is 0 Å². The number of halogens is 1. The molecule has 0 aromatic heterocycles. The number of nitrogens with zero attached hydrogens (tertiary/aromatic N) is 1. The quantitative estimate of drug-likeness (QED) is 0.754. The minimum absolute atomic E-state index is 0.112.